The van der Waals surface area contributed by atoms with Gasteiger partial charge >= 0.3 is 21.6 Å². The van der Waals surface area contributed by atoms with Crippen molar-refractivity contribution in [2.75, 3.05) is 6.61 Å². The van der Waals surface area contributed by atoms with Crippen LogP contribution >= 0.6 is 0 Å². The summed E-state index contributed by atoms with van der Waals surface area (Å²) in [4.78, 5) is 11.2. The number of hydrogen-bond acceptors (Lipinski definition) is 5. The maximum absolute atomic E-state index is 12.3. The Morgan fingerprint density at radius 1 is 1.24 bits per heavy atom. The van der Waals surface area contributed by atoms with E-state index < -0.39 is 27.4 Å². The summed E-state index contributed by atoms with van der Waals surface area (Å²) < 4.78 is 67.2. The van der Waals surface area contributed by atoms with Crippen LogP contribution in [0.15, 0.2) is 23.5 Å². The Kier molecular flexibility index (Phi) is 7.48. The monoisotopic (exact) mass is 330 g/mol. The molecule has 0 atom stereocenters. The van der Waals surface area contributed by atoms with Crippen LogP contribution in [0.25, 0.3) is 0 Å². The van der Waals surface area contributed by atoms with Crippen LogP contribution in [0.3, 0.4) is 0 Å². The number of carbonyl (C=O) groups excluding carboxylic acids is 1. The second kappa shape index (κ2) is 8.06. The number of rotatable bonds is 7. The van der Waals surface area contributed by atoms with Crippen molar-refractivity contribution in [3.8, 4) is 0 Å². The van der Waals surface area contributed by atoms with Crippen molar-refractivity contribution in [1.29, 1.82) is 0 Å². The molecule has 0 aliphatic carbocycles. The summed E-state index contributed by atoms with van der Waals surface area (Å²) in [6.07, 6.45) is 2.31. The Bertz CT molecular complexity index is 514. The van der Waals surface area contributed by atoms with Crippen molar-refractivity contribution < 1.29 is 35.3 Å². The average Bonchev–Trinajstić information content (AvgIpc) is 2.26. The first kappa shape index (κ1) is 19.5. The number of allylic oxidation sites excluding steroid dienone is 3. The molecule has 122 valence electrons. The SMILES string of the molecule is CCOC(=O)/C=C(/CCC=C(C)C)OS(=O)(=O)C(F)(F)F. The molecule has 0 radical (unpaired) electrons. The minimum Gasteiger partial charge on any atom is -0.463 e. The Balaban J connectivity index is 5.15. The lowest BCUT2D eigenvalue weighted by molar-refractivity contribution is -0.137. The van der Waals surface area contributed by atoms with Gasteiger partial charge in [0.05, 0.1) is 12.7 Å². The van der Waals surface area contributed by atoms with E-state index in [1.165, 1.54) is 6.92 Å². The molecule has 0 N–H and O–H groups in total. The van der Waals surface area contributed by atoms with Gasteiger partial charge in [0.15, 0.2) is 0 Å². The molecular formula is C12H17F3O5S. The lowest BCUT2D eigenvalue weighted by Crippen LogP contribution is -2.25. The van der Waals surface area contributed by atoms with Gasteiger partial charge in [-0.3, -0.25) is 0 Å². The Hall–Kier alpha value is -1.51. The third kappa shape index (κ3) is 7.74. The summed E-state index contributed by atoms with van der Waals surface area (Å²) in [5.41, 5.74) is -4.67. The average molecular weight is 330 g/mol. The van der Waals surface area contributed by atoms with Crippen LogP contribution < -0.4 is 0 Å². The zero-order chi connectivity index (χ0) is 16.7. The van der Waals surface area contributed by atoms with Gasteiger partial charge in [-0.05, 0) is 27.2 Å². The van der Waals surface area contributed by atoms with Crippen LogP contribution in [-0.2, 0) is 23.8 Å². The first-order chi connectivity index (χ1) is 9.49. The quantitative estimate of drug-likeness (QED) is 0.179. The highest BCUT2D eigenvalue weighted by molar-refractivity contribution is 7.87. The highest BCUT2D eigenvalue weighted by Gasteiger charge is 2.48. The number of halogens is 3. The van der Waals surface area contributed by atoms with Crippen LogP contribution in [0.2, 0.25) is 0 Å². The van der Waals surface area contributed by atoms with Crippen molar-refractivity contribution >= 4 is 16.1 Å². The predicted octanol–water partition coefficient (Wildman–Crippen LogP) is 3.05. The van der Waals surface area contributed by atoms with Crippen molar-refractivity contribution in [2.24, 2.45) is 0 Å². The van der Waals surface area contributed by atoms with Gasteiger partial charge < -0.3 is 8.92 Å². The number of esters is 1. The molecule has 0 aliphatic rings. The van der Waals surface area contributed by atoms with Crippen molar-refractivity contribution in [2.45, 2.75) is 39.1 Å². The fourth-order valence-electron chi connectivity index (χ4n) is 1.14. The topological polar surface area (TPSA) is 69.7 Å². The molecule has 0 heterocycles. The van der Waals surface area contributed by atoms with E-state index in [1.807, 2.05) is 0 Å². The molecule has 0 saturated carbocycles. The second-order valence-electron chi connectivity index (χ2n) is 4.17. The zero-order valence-electron chi connectivity index (χ0n) is 11.9. The van der Waals surface area contributed by atoms with Crippen molar-refractivity contribution in [3.05, 3.63) is 23.5 Å². The molecule has 9 heteroatoms. The van der Waals surface area contributed by atoms with Gasteiger partial charge in [0.1, 0.15) is 5.76 Å². The largest absolute Gasteiger partial charge is 0.534 e. The standard InChI is InChI=1S/C12H17F3O5S/c1-4-19-11(16)8-10(7-5-6-9(2)3)20-21(17,18)12(13,14)15/h6,8H,4-5,7H2,1-3H3/b10-8-. The summed E-state index contributed by atoms with van der Waals surface area (Å²) in [6.45, 7) is 5.04. The maximum atomic E-state index is 12.3. The van der Waals surface area contributed by atoms with Gasteiger partial charge in [-0.15, -0.1) is 0 Å². The third-order valence-electron chi connectivity index (χ3n) is 2.01. The summed E-state index contributed by atoms with van der Waals surface area (Å²) in [6, 6.07) is 0. The normalized spacial score (nSPS) is 12.8. The second-order valence-corrected chi connectivity index (χ2v) is 5.70. The molecule has 0 aromatic rings. The highest BCUT2D eigenvalue weighted by atomic mass is 32.2. The molecule has 5 nitrogen and oxygen atoms in total. The van der Waals surface area contributed by atoms with E-state index in [4.69, 9.17) is 0 Å². The number of carbonyl (C=O) groups is 1. The molecular weight excluding hydrogens is 313 g/mol. The third-order valence-corrected chi connectivity index (χ3v) is 3.01. The van der Waals surface area contributed by atoms with E-state index in [2.05, 4.69) is 8.92 Å². The lowest BCUT2D eigenvalue weighted by Gasteiger charge is -2.12. The number of ether oxygens (including phenoxy) is 1. The van der Waals surface area contributed by atoms with E-state index in [9.17, 15) is 26.4 Å². The van der Waals surface area contributed by atoms with Gasteiger partial charge in [-0.25, -0.2) is 4.79 Å². The molecule has 0 unspecified atom stereocenters. The van der Waals surface area contributed by atoms with Gasteiger partial charge in [0.25, 0.3) is 0 Å². The van der Waals surface area contributed by atoms with Crippen LogP contribution in [0.5, 0.6) is 0 Å². The van der Waals surface area contributed by atoms with Crippen molar-refractivity contribution in [3.63, 3.8) is 0 Å². The molecule has 0 aromatic carbocycles. The smallest absolute Gasteiger partial charge is 0.463 e. The first-order valence-corrected chi connectivity index (χ1v) is 7.42. The molecule has 0 rings (SSSR count). The van der Waals surface area contributed by atoms with Crippen molar-refractivity contribution in [1.82, 2.24) is 0 Å². The molecule has 0 bridgehead atoms. The Morgan fingerprint density at radius 3 is 2.24 bits per heavy atom. The molecule has 0 spiro atoms. The van der Waals surface area contributed by atoms with Gasteiger partial charge in [-0.1, -0.05) is 11.6 Å². The van der Waals surface area contributed by atoms with E-state index >= 15 is 0 Å². The molecule has 0 aromatic heterocycles. The minimum atomic E-state index is -5.80. The van der Waals surface area contributed by atoms with Crippen LogP contribution in [0.4, 0.5) is 13.2 Å². The fraction of sp³-hybridized carbons (Fsp3) is 0.583. The minimum absolute atomic E-state index is 0.00258. The maximum Gasteiger partial charge on any atom is 0.534 e. The van der Waals surface area contributed by atoms with Crippen LogP contribution in [0.1, 0.15) is 33.6 Å². The fourth-order valence-corrected chi connectivity index (χ4v) is 1.65. The van der Waals surface area contributed by atoms with E-state index in [-0.39, 0.29) is 19.4 Å². The molecule has 0 fully saturated rings. The first-order valence-electron chi connectivity index (χ1n) is 6.01. The summed E-state index contributed by atoms with van der Waals surface area (Å²) in [5, 5.41) is 0. The highest BCUT2D eigenvalue weighted by Crippen LogP contribution is 2.27. The van der Waals surface area contributed by atoms with Crippen LogP contribution in [0, 0.1) is 0 Å². The van der Waals surface area contributed by atoms with E-state index in [0.717, 1.165) is 5.57 Å². The molecule has 0 saturated heterocycles. The Labute approximate surface area is 121 Å². The summed E-state index contributed by atoms with van der Waals surface area (Å²) in [5.74, 6) is -1.59. The molecule has 0 amide bonds. The zero-order valence-corrected chi connectivity index (χ0v) is 12.7. The van der Waals surface area contributed by atoms with E-state index in [1.54, 1.807) is 19.9 Å². The van der Waals surface area contributed by atoms with Gasteiger partial charge in [0.2, 0.25) is 0 Å². The predicted molar refractivity (Wildman–Crippen MR) is 69.4 cm³/mol. The van der Waals surface area contributed by atoms with Gasteiger partial charge in [0, 0.05) is 6.42 Å². The molecule has 0 aliphatic heterocycles. The van der Waals surface area contributed by atoms with E-state index in [0.29, 0.717) is 6.08 Å². The molecule has 21 heavy (non-hydrogen) atoms. The van der Waals surface area contributed by atoms with Gasteiger partial charge in [-0.2, -0.15) is 21.6 Å². The van der Waals surface area contributed by atoms with Crippen LogP contribution in [-0.4, -0.2) is 26.5 Å². The lowest BCUT2D eigenvalue weighted by atomic mass is 10.2. The number of alkyl halides is 3. The summed E-state index contributed by atoms with van der Waals surface area (Å²) >= 11 is 0. The summed E-state index contributed by atoms with van der Waals surface area (Å²) in [7, 11) is -5.80. The number of hydrogen-bond donors (Lipinski definition) is 0. The Morgan fingerprint density at radius 2 is 1.81 bits per heavy atom.